The van der Waals surface area contributed by atoms with E-state index in [1.807, 2.05) is 29.2 Å². The fourth-order valence-corrected chi connectivity index (χ4v) is 5.33. The van der Waals surface area contributed by atoms with E-state index in [4.69, 9.17) is 4.98 Å². The van der Waals surface area contributed by atoms with Crippen LogP contribution in [0.3, 0.4) is 0 Å². The number of carbonyl (C=O) groups excluding carboxylic acids is 1. The van der Waals surface area contributed by atoms with Crippen LogP contribution in [0.25, 0.3) is 33.5 Å². The van der Waals surface area contributed by atoms with Gasteiger partial charge in [-0.05, 0) is 69.0 Å². The third-order valence-electron chi connectivity index (χ3n) is 7.24. The van der Waals surface area contributed by atoms with Gasteiger partial charge >= 0.3 is 0 Å². The second kappa shape index (κ2) is 9.58. The van der Waals surface area contributed by atoms with Crippen LogP contribution < -0.4 is 0 Å². The maximum atomic E-state index is 12.8. The number of benzene rings is 1. The molecule has 180 valence electrons. The number of nitrogens with one attached hydrogen (secondary N) is 2. The predicted molar refractivity (Wildman–Crippen MR) is 134 cm³/mol. The van der Waals surface area contributed by atoms with Crippen molar-refractivity contribution >= 4 is 16.8 Å². The van der Waals surface area contributed by atoms with Crippen molar-refractivity contribution in [2.24, 2.45) is 0 Å². The molecule has 0 aliphatic carbocycles. The Labute approximate surface area is 204 Å². The first kappa shape index (κ1) is 21.9. The largest absolute Gasteiger partial charge is 0.342 e. The van der Waals surface area contributed by atoms with Crippen LogP contribution in [0.4, 0.5) is 0 Å². The fourth-order valence-electron chi connectivity index (χ4n) is 5.33. The van der Waals surface area contributed by atoms with Crippen LogP contribution in [-0.4, -0.2) is 78.8 Å². The van der Waals surface area contributed by atoms with Crippen molar-refractivity contribution in [2.45, 2.75) is 38.0 Å². The maximum Gasteiger partial charge on any atom is 0.236 e. The molecule has 2 saturated heterocycles. The average molecular weight is 471 g/mol. The first-order valence-electron chi connectivity index (χ1n) is 12.6. The molecular weight excluding hydrogens is 440 g/mol. The number of rotatable bonds is 5. The molecule has 35 heavy (non-hydrogen) atoms. The topological polar surface area (TPSA) is 107 Å². The third-order valence-corrected chi connectivity index (χ3v) is 7.24. The molecule has 3 aromatic heterocycles. The van der Waals surface area contributed by atoms with E-state index in [0.29, 0.717) is 12.4 Å². The molecule has 1 aromatic carbocycles. The van der Waals surface area contributed by atoms with Crippen molar-refractivity contribution in [3.05, 3.63) is 48.5 Å². The van der Waals surface area contributed by atoms with E-state index < -0.39 is 0 Å². The Morgan fingerprint density at radius 3 is 2.66 bits per heavy atom. The summed E-state index contributed by atoms with van der Waals surface area (Å²) in [5.74, 6) is 2.10. The van der Waals surface area contributed by atoms with Crippen LogP contribution in [0.1, 0.15) is 43.8 Å². The van der Waals surface area contributed by atoms with Crippen LogP contribution in [0, 0.1) is 0 Å². The lowest BCUT2D eigenvalue weighted by Gasteiger charge is -2.34. The first-order chi connectivity index (χ1) is 17.2. The SMILES string of the molecule is O=C(CN1CCC[C@@H](c2nc(-c3ccc4[nH]nc(-c5ccncc5)c4c3)n[nH]2)C1)N1CCCCC1. The number of hydrogen-bond acceptors (Lipinski definition) is 6. The van der Waals surface area contributed by atoms with Gasteiger partial charge in [0.25, 0.3) is 0 Å². The summed E-state index contributed by atoms with van der Waals surface area (Å²) in [6.07, 6.45) is 9.15. The monoisotopic (exact) mass is 470 g/mol. The molecule has 9 heteroatoms. The summed E-state index contributed by atoms with van der Waals surface area (Å²) in [5.41, 5.74) is 3.82. The number of amides is 1. The quantitative estimate of drug-likeness (QED) is 0.462. The molecule has 5 heterocycles. The van der Waals surface area contributed by atoms with Gasteiger partial charge in [0.1, 0.15) is 11.5 Å². The van der Waals surface area contributed by atoms with Crippen molar-refractivity contribution in [2.75, 3.05) is 32.7 Å². The lowest BCUT2D eigenvalue weighted by molar-refractivity contribution is -0.133. The van der Waals surface area contributed by atoms with Crippen molar-refractivity contribution in [1.82, 2.24) is 40.2 Å². The molecule has 0 radical (unpaired) electrons. The highest BCUT2D eigenvalue weighted by atomic mass is 16.2. The van der Waals surface area contributed by atoms with Crippen LogP contribution >= 0.6 is 0 Å². The summed E-state index contributed by atoms with van der Waals surface area (Å²) in [6.45, 7) is 4.12. The molecular formula is C26H30N8O. The average Bonchev–Trinajstić information content (AvgIpc) is 3.57. The zero-order valence-corrected chi connectivity index (χ0v) is 19.8. The second-order valence-corrected chi connectivity index (χ2v) is 9.63. The third kappa shape index (κ3) is 4.55. The molecule has 6 rings (SSSR count). The summed E-state index contributed by atoms with van der Waals surface area (Å²) in [7, 11) is 0. The Morgan fingerprint density at radius 2 is 1.80 bits per heavy atom. The molecule has 0 spiro atoms. The van der Waals surface area contributed by atoms with E-state index in [1.54, 1.807) is 12.4 Å². The minimum Gasteiger partial charge on any atom is -0.342 e. The molecule has 0 bridgehead atoms. The number of nitrogens with zero attached hydrogens (tertiary/aromatic N) is 6. The highest BCUT2D eigenvalue weighted by Gasteiger charge is 2.27. The summed E-state index contributed by atoms with van der Waals surface area (Å²) in [4.78, 5) is 26.0. The zero-order valence-electron chi connectivity index (χ0n) is 19.8. The lowest BCUT2D eigenvalue weighted by Crippen LogP contribution is -2.45. The molecule has 2 aliphatic heterocycles. The lowest BCUT2D eigenvalue weighted by atomic mass is 9.97. The number of piperidine rings is 2. The van der Waals surface area contributed by atoms with Gasteiger partial charge in [0.2, 0.25) is 5.91 Å². The fraction of sp³-hybridized carbons (Fsp3) is 0.423. The van der Waals surface area contributed by atoms with Crippen LogP contribution in [0.5, 0.6) is 0 Å². The highest BCUT2D eigenvalue weighted by Crippen LogP contribution is 2.30. The van der Waals surface area contributed by atoms with Crippen LogP contribution in [-0.2, 0) is 4.79 Å². The van der Waals surface area contributed by atoms with Gasteiger partial charge < -0.3 is 4.90 Å². The van der Waals surface area contributed by atoms with Crippen molar-refractivity contribution in [3.8, 4) is 22.6 Å². The first-order valence-corrected chi connectivity index (χ1v) is 12.6. The number of aromatic nitrogens is 6. The number of pyridine rings is 1. The van der Waals surface area contributed by atoms with Gasteiger partial charge in [0.15, 0.2) is 5.82 Å². The van der Waals surface area contributed by atoms with Gasteiger partial charge in [-0.2, -0.15) is 10.2 Å². The number of aromatic amines is 2. The van der Waals surface area contributed by atoms with E-state index in [2.05, 4.69) is 36.3 Å². The Morgan fingerprint density at radius 1 is 0.943 bits per heavy atom. The molecule has 2 aliphatic rings. The van der Waals surface area contributed by atoms with Gasteiger partial charge in [-0.1, -0.05) is 0 Å². The van der Waals surface area contributed by atoms with Gasteiger partial charge in [-0.25, -0.2) is 4.98 Å². The van der Waals surface area contributed by atoms with Gasteiger partial charge in [0.05, 0.1) is 12.1 Å². The summed E-state index contributed by atoms with van der Waals surface area (Å²) in [6, 6.07) is 10.0. The van der Waals surface area contributed by atoms with Crippen LogP contribution in [0.2, 0.25) is 0 Å². The zero-order chi connectivity index (χ0) is 23.6. The number of likely N-dealkylation sites (tertiary alicyclic amines) is 2. The predicted octanol–water partition coefficient (Wildman–Crippen LogP) is 3.60. The maximum absolute atomic E-state index is 12.8. The molecule has 0 unspecified atom stereocenters. The number of hydrogen-bond donors (Lipinski definition) is 2. The summed E-state index contributed by atoms with van der Waals surface area (Å²) >= 11 is 0. The van der Waals surface area contributed by atoms with Crippen molar-refractivity contribution in [1.29, 1.82) is 0 Å². The number of H-pyrrole nitrogens is 2. The smallest absolute Gasteiger partial charge is 0.236 e. The Bertz CT molecular complexity index is 1310. The van der Waals surface area contributed by atoms with E-state index in [9.17, 15) is 4.79 Å². The van der Waals surface area contributed by atoms with Crippen LogP contribution in [0.15, 0.2) is 42.7 Å². The molecule has 1 amide bonds. The van der Waals surface area contributed by atoms with E-state index in [0.717, 1.165) is 85.4 Å². The Balaban J connectivity index is 1.18. The molecule has 0 saturated carbocycles. The van der Waals surface area contributed by atoms with Gasteiger partial charge in [0, 0.05) is 54.5 Å². The van der Waals surface area contributed by atoms with E-state index in [1.165, 1.54) is 6.42 Å². The standard InChI is InChI=1S/C26H30N8O/c35-23(34-13-2-1-3-14-34)17-33-12-4-5-20(16-33)26-28-25(31-32-26)19-6-7-22-21(15-19)24(30-29-22)18-8-10-27-11-9-18/h6-11,15,20H,1-5,12-14,16-17H2,(H,29,30)(H,28,31,32)/t20-/m1/s1. The Hall–Kier alpha value is -3.59. The van der Waals surface area contributed by atoms with E-state index >= 15 is 0 Å². The number of carbonyl (C=O) groups is 1. The van der Waals surface area contributed by atoms with E-state index in [-0.39, 0.29) is 11.8 Å². The highest BCUT2D eigenvalue weighted by molar-refractivity contribution is 5.95. The normalized spacial score (nSPS) is 19.3. The minimum absolute atomic E-state index is 0.254. The Kier molecular flexibility index (Phi) is 5.99. The summed E-state index contributed by atoms with van der Waals surface area (Å²) in [5, 5.41) is 16.4. The molecule has 2 N–H and O–H groups in total. The molecule has 1 atom stereocenters. The second-order valence-electron chi connectivity index (χ2n) is 9.63. The van der Waals surface area contributed by atoms with Gasteiger partial charge in [-0.15, -0.1) is 0 Å². The molecule has 4 aromatic rings. The van der Waals surface area contributed by atoms with Crippen molar-refractivity contribution < 1.29 is 4.79 Å². The summed E-state index contributed by atoms with van der Waals surface area (Å²) < 4.78 is 0. The van der Waals surface area contributed by atoms with Crippen molar-refractivity contribution in [3.63, 3.8) is 0 Å². The molecule has 9 nitrogen and oxygen atoms in total. The minimum atomic E-state index is 0.254. The number of fused-ring (bicyclic) bond motifs is 1. The molecule has 2 fully saturated rings. The van der Waals surface area contributed by atoms with Gasteiger partial charge in [-0.3, -0.25) is 24.9 Å².